The van der Waals surface area contributed by atoms with Gasteiger partial charge >= 0.3 is 0 Å². The molecule has 0 aliphatic heterocycles. The van der Waals surface area contributed by atoms with Crippen LogP contribution in [0.2, 0.25) is 0 Å². The van der Waals surface area contributed by atoms with Crippen LogP contribution in [0.15, 0.2) is 12.1 Å². The second kappa shape index (κ2) is 5.80. The standard InChI is InChI=1S/C14H17FN2O5S/c1-22-11-9(12(16)18)5-8(6-10(11)15)13(19)17-7-14(3-4-14)23(2,20)21/h5-6H,3-4,7H2,1-2H3,(H2,16,18)(H,17,19). The van der Waals surface area contributed by atoms with Crippen molar-refractivity contribution < 1.29 is 27.1 Å². The van der Waals surface area contributed by atoms with Gasteiger partial charge in [0.2, 0.25) is 0 Å². The lowest BCUT2D eigenvalue weighted by Gasteiger charge is -2.15. The Morgan fingerprint density at radius 3 is 2.43 bits per heavy atom. The Hall–Kier alpha value is -2.16. The van der Waals surface area contributed by atoms with Crippen LogP contribution in [0.5, 0.6) is 5.75 Å². The summed E-state index contributed by atoms with van der Waals surface area (Å²) < 4.78 is 41.0. The third-order valence-electron chi connectivity index (χ3n) is 3.94. The number of nitrogens with two attached hydrogens (primary N) is 1. The zero-order chi connectivity index (χ0) is 17.4. The first-order chi connectivity index (χ1) is 10.6. The molecule has 0 unspecified atom stereocenters. The summed E-state index contributed by atoms with van der Waals surface area (Å²) in [6.45, 7) is -0.0653. The average Bonchev–Trinajstić information content (AvgIpc) is 3.24. The normalized spacial score (nSPS) is 15.8. The molecule has 1 aromatic carbocycles. The van der Waals surface area contributed by atoms with Crippen LogP contribution in [-0.2, 0) is 9.84 Å². The second-order valence-corrected chi connectivity index (χ2v) is 7.95. The summed E-state index contributed by atoms with van der Waals surface area (Å²) in [4.78, 5) is 23.4. The highest BCUT2D eigenvalue weighted by Crippen LogP contribution is 2.42. The first-order valence-electron chi connectivity index (χ1n) is 6.76. The molecule has 0 spiro atoms. The number of rotatable bonds is 6. The van der Waals surface area contributed by atoms with Gasteiger partial charge in [-0.3, -0.25) is 9.59 Å². The fourth-order valence-corrected chi connectivity index (χ4v) is 3.45. The topological polar surface area (TPSA) is 116 Å². The van der Waals surface area contributed by atoms with Gasteiger partial charge in [-0.2, -0.15) is 0 Å². The number of halogens is 1. The van der Waals surface area contributed by atoms with Crippen LogP contribution in [0, 0.1) is 5.82 Å². The van der Waals surface area contributed by atoms with Crippen LogP contribution in [0.3, 0.4) is 0 Å². The maximum Gasteiger partial charge on any atom is 0.252 e. The number of primary amides is 1. The van der Waals surface area contributed by atoms with Crippen LogP contribution in [0.25, 0.3) is 0 Å². The van der Waals surface area contributed by atoms with Crippen LogP contribution < -0.4 is 15.8 Å². The van der Waals surface area contributed by atoms with Gasteiger partial charge in [-0.05, 0) is 25.0 Å². The highest BCUT2D eigenvalue weighted by atomic mass is 32.2. The SMILES string of the molecule is COc1c(F)cc(C(=O)NCC2(S(C)(=O)=O)CC2)cc1C(N)=O. The third-order valence-corrected chi connectivity index (χ3v) is 6.07. The van der Waals surface area contributed by atoms with Crippen LogP contribution in [0.4, 0.5) is 4.39 Å². The molecular formula is C14H17FN2O5S. The van der Waals surface area contributed by atoms with E-state index in [-0.39, 0.29) is 23.4 Å². The zero-order valence-corrected chi connectivity index (χ0v) is 13.5. The smallest absolute Gasteiger partial charge is 0.252 e. The molecule has 0 radical (unpaired) electrons. The summed E-state index contributed by atoms with van der Waals surface area (Å²) in [5.74, 6) is -2.88. The minimum Gasteiger partial charge on any atom is -0.493 e. The van der Waals surface area contributed by atoms with Gasteiger partial charge in [0.25, 0.3) is 11.8 Å². The van der Waals surface area contributed by atoms with E-state index in [4.69, 9.17) is 10.5 Å². The number of amides is 2. The van der Waals surface area contributed by atoms with Gasteiger partial charge in [0.05, 0.1) is 17.4 Å². The molecular weight excluding hydrogens is 327 g/mol. The molecule has 3 N–H and O–H groups in total. The maximum absolute atomic E-state index is 13.9. The number of hydrogen-bond acceptors (Lipinski definition) is 5. The second-order valence-electron chi connectivity index (χ2n) is 5.54. The molecule has 0 saturated heterocycles. The number of carbonyl (C=O) groups excluding carboxylic acids is 2. The molecule has 7 nitrogen and oxygen atoms in total. The van der Waals surface area contributed by atoms with Crippen molar-refractivity contribution in [2.45, 2.75) is 17.6 Å². The fraction of sp³-hybridized carbons (Fsp3) is 0.429. The first kappa shape index (κ1) is 17.2. The molecule has 9 heteroatoms. The van der Waals surface area contributed by atoms with E-state index in [9.17, 15) is 22.4 Å². The van der Waals surface area contributed by atoms with Gasteiger partial charge in [0, 0.05) is 18.4 Å². The minimum absolute atomic E-state index is 0.0653. The Balaban J connectivity index is 2.22. The largest absolute Gasteiger partial charge is 0.493 e. The average molecular weight is 344 g/mol. The van der Waals surface area contributed by atoms with Gasteiger partial charge < -0.3 is 15.8 Å². The Labute approximate surface area is 132 Å². The molecule has 1 saturated carbocycles. The summed E-state index contributed by atoms with van der Waals surface area (Å²) in [7, 11) is -2.12. The molecule has 1 aliphatic carbocycles. The third kappa shape index (κ3) is 3.29. The van der Waals surface area contributed by atoms with Crippen molar-refractivity contribution in [1.29, 1.82) is 0 Å². The highest BCUT2D eigenvalue weighted by Gasteiger charge is 2.52. The van der Waals surface area contributed by atoms with E-state index in [0.717, 1.165) is 18.4 Å². The van der Waals surface area contributed by atoms with E-state index in [0.29, 0.717) is 12.8 Å². The molecule has 0 bridgehead atoms. The molecule has 2 rings (SSSR count). The minimum atomic E-state index is -3.29. The van der Waals surface area contributed by atoms with Gasteiger partial charge in [-0.25, -0.2) is 12.8 Å². The number of carbonyl (C=O) groups is 2. The summed E-state index contributed by atoms with van der Waals surface area (Å²) in [6.07, 6.45) is 2.05. The van der Waals surface area contributed by atoms with Crippen molar-refractivity contribution in [1.82, 2.24) is 5.32 Å². The molecule has 1 aromatic rings. The quantitative estimate of drug-likeness (QED) is 0.767. The maximum atomic E-state index is 13.9. The number of hydrogen-bond donors (Lipinski definition) is 2. The number of nitrogens with one attached hydrogen (secondary N) is 1. The van der Waals surface area contributed by atoms with E-state index in [1.54, 1.807) is 0 Å². The zero-order valence-electron chi connectivity index (χ0n) is 12.7. The lowest BCUT2D eigenvalue weighted by atomic mass is 10.1. The van der Waals surface area contributed by atoms with Gasteiger partial charge in [-0.1, -0.05) is 0 Å². The van der Waals surface area contributed by atoms with Crippen LogP contribution in [-0.4, -0.2) is 44.9 Å². The first-order valence-corrected chi connectivity index (χ1v) is 8.65. The number of ether oxygens (including phenoxy) is 1. The molecule has 1 aliphatic rings. The van der Waals surface area contributed by atoms with Gasteiger partial charge in [0.15, 0.2) is 21.4 Å². The summed E-state index contributed by atoms with van der Waals surface area (Å²) in [5.41, 5.74) is 4.74. The molecule has 0 atom stereocenters. The molecule has 0 heterocycles. The molecule has 1 fully saturated rings. The van der Waals surface area contributed by atoms with Crippen molar-refractivity contribution in [3.8, 4) is 5.75 Å². The van der Waals surface area contributed by atoms with E-state index in [1.807, 2.05) is 0 Å². The predicted molar refractivity (Wildman–Crippen MR) is 80.6 cm³/mol. The molecule has 0 aromatic heterocycles. The van der Waals surface area contributed by atoms with Gasteiger partial charge in [-0.15, -0.1) is 0 Å². The Morgan fingerprint density at radius 1 is 1.39 bits per heavy atom. The lowest BCUT2D eigenvalue weighted by Crippen LogP contribution is -2.38. The lowest BCUT2D eigenvalue weighted by molar-refractivity contribution is 0.0952. The predicted octanol–water partition coefficient (Wildman–Crippen LogP) is 0.240. The van der Waals surface area contributed by atoms with Crippen molar-refractivity contribution in [2.75, 3.05) is 19.9 Å². The molecule has 126 valence electrons. The van der Waals surface area contributed by atoms with E-state index >= 15 is 0 Å². The van der Waals surface area contributed by atoms with Crippen molar-refractivity contribution >= 4 is 21.7 Å². The Kier molecular flexibility index (Phi) is 4.34. The van der Waals surface area contributed by atoms with Crippen LogP contribution in [0.1, 0.15) is 33.6 Å². The highest BCUT2D eigenvalue weighted by molar-refractivity contribution is 7.92. The Bertz CT molecular complexity index is 772. The van der Waals surface area contributed by atoms with E-state index in [1.165, 1.54) is 7.11 Å². The number of methoxy groups -OCH3 is 1. The van der Waals surface area contributed by atoms with Gasteiger partial charge in [0.1, 0.15) is 0 Å². The summed E-state index contributed by atoms with van der Waals surface area (Å²) in [6, 6.07) is 2.01. The van der Waals surface area contributed by atoms with E-state index in [2.05, 4.69) is 5.32 Å². The van der Waals surface area contributed by atoms with Crippen LogP contribution >= 0.6 is 0 Å². The van der Waals surface area contributed by atoms with Crippen molar-refractivity contribution in [3.63, 3.8) is 0 Å². The van der Waals surface area contributed by atoms with E-state index < -0.39 is 32.2 Å². The van der Waals surface area contributed by atoms with Crippen molar-refractivity contribution in [3.05, 3.63) is 29.1 Å². The molecule has 23 heavy (non-hydrogen) atoms. The number of sulfone groups is 1. The monoisotopic (exact) mass is 344 g/mol. The van der Waals surface area contributed by atoms with Crippen molar-refractivity contribution in [2.24, 2.45) is 5.73 Å². The Morgan fingerprint density at radius 2 is 2.00 bits per heavy atom. The summed E-state index contributed by atoms with van der Waals surface area (Å²) >= 11 is 0. The summed E-state index contributed by atoms with van der Waals surface area (Å²) in [5, 5.41) is 2.46. The fourth-order valence-electron chi connectivity index (χ4n) is 2.28. The number of benzene rings is 1. The molecule has 2 amide bonds.